The molecular weight excluding hydrogens is 364 g/mol. The first-order chi connectivity index (χ1) is 13.9. The molecule has 4 rings (SSSR count). The summed E-state index contributed by atoms with van der Waals surface area (Å²) in [5, 5.41) is 2.91. The quantitative estimate of drug-likeness (QED) is 0.485. The molecule has 1 amide bonds. The number of benzene rings is 3. The highest BCUT2D eigenvalue weighted by Crippen LogP contribution is 2.27. The number of nitrogens with one attached hydrogen (secondary N) is 1. The number of nitrogens with zero attached hydrogens (tertiary/aromatic N) is 1. The van der Waals surface area contributed by atoms with Gasteiger partial charge in [-0.1, -0.05) is 35.9 Å². The van der Waals surface area contributed by atoms with Crippen molar-refractivity contribution in [3.8, 4) is 17.2 Å². The van der Waals surface area contributed by atoms with Crippen LogP contribution in [0.25, 0.3) is 22.6 Å². The van der Waals surface area contributed by atoms with Gasteiger partial charge in [-0.2, -0.15) is 0 Å². The van der Waals surface area contributed by atoms with Crippen LogP contribution in [0.15, 0.2) is 77.2 Å². The number of ether oxygens (including phenoxy) is 1. The SMILES string of the molecule is Cc1ccc(-c2nc3cc(NC(=O)C(C)(C)Oc4ccccc4)ccc3o2)cc1. The Hall–Kier alpha value is -3.60. The zero-order chi connectivity index (χ0) is 20.4. The van der Waals surface area contributed by atoms with Gasteiger partial charge in [0.15, 0.2) is 11.2 Å². The Kier molecular flexibility index (Phi) is 4.80. The fourth-order valence-electron chi connectivity index (χ4n) is 2.94. The Morgan fingerprint density at radius 1 is 1.00 bits per heavy atom. The molecule has 0 aliphatic carbocycles. The molecule has 1 heterocycles. The number of carbonyl (C=O) groups is 1. The molecule has 1 N–H and O–H groups in total. The van der Waals surface area contributed by atoms with Gasteiger partial charge < -0.3 is 14.5 Å². The molecule has 4 aromatic rings. The van der Waals surface area contributed by atoms with Crippen molar-refractivity contribution in [2.45, 2.75) is 26.4 Å². The number of hydrogen-bond acceptors (Lipinski definition) is 4. The summed E-state index contributed by atoms with van der Waals surface area (Å²) in [7, 11) is 0. The van der Waals surface area contributed by atoms with E-state index in [0.717, 1.165) is 5.56 Å². The van der Waals surface area contributed by atoms with E-state index in [4.69, 9.17) is 9.15 Å². The van der Waals surface area contributed by atoms with Gasteiger partial charge in [-0.15, -0.1) is 0 Å². The first kappa shape index (κ1) is 18.7. The van der Waals surface area contributed by atoms with E-state index in [0.29, 0.717) is 28.4 Å². The molecule has 0 spiro atoms. The zero-order valence-corrected chi connectivity index (χ0v) is 16.6. The summed E-state index contributed by atoms with van der Waals surface area (Å²) >= 11 is 0. The normalized spacial score (nSPS) is 11.4. The molecule has 0 unspecified atom stereocenters. The van der Waals surface area contributed by atoms with Gasteiger partial charge in [-0.3, -0.25) is 4.79 Å². The van der Waals surface area contributed by atoms with E-state index in [-0.39, 0.29) is 5.91 Å². The first-order valence-corrected chi connectivity index (χ1v) is 9.44. The largest absolute Gasteiger partial charge is 0.478 e. The number of aromatic nitrogens is 1. The molecule has 0 aliphatic heterocycles. The van der Waals surface area contributed by atoms with E-state index >= 15 is 0 Å². The number of para-hydroxylation sites is 1. The Morgan fingerprint density at radius 3 is 2.45 bits per heavy atom. The second kappa shape index (κ2) is 7.43. The molecule has 0 radical (unpaired) electrons. The predicted octanol–water partition coefficient (Wildman–Crippen LogP) is 5.60. The second-order valence-corrected chi connectivity index (χ2v) is 7.45. The van der Waals surface area contributed by atoms with Crippen LogP contribution >= 0.6 is 0 Å². The molecule has 0 saturated heterocycles. The van der Waals surface area contributed by atoms with Crippen LogP contribution in [0.3, 0.4) is 0 Å². The van der Waals surface area contributed by atoms with Crippen molar-refractivity contribution in [1.82, 2.24) is 4.98 Å². The molecule has 0 saturated carbocycles. The standard InChI is InChI=1S/C24H22N2O3/c1-16-9-11-17(12-10-16)22-26-20-15-18(13-14-21(20)28-22)25-23(27)24(2,3)29-19-7-5-4-6-8-19/h4-15H,1-3H3,(H,25,27). The number of rotatable bonds is 5. The summed E-state index contributed by atoms with van der Waals surface area (Å²) in [6.45, 7) is 5.51. The van der Waals surface area contributed by atoms with Gasteiger partial charge >= 0.3 is 0 Å². The van der Waals surface area contributed by atoms with Crippen molar-refractivity contribution in [2.24, 2.45) is 0 Å². The highest BCUT2D eigenvalue weighted by Gasteiger charge is 2.30. The van der Waals surface area contributed by atoms with E-state index < -0.39 is 5.60 Å². The molecular formula is C24H22N2O3. The van der Waals surface area contributed by atoms with Gasteiger partial charge in [-0.25, -0.2) is 4.98 Å². The van der Waals surface area contributed by atoms with E-state index in [1.54, 1.807) is 32.0 Å². The van der Waals surface area contributed by atoms with Crippen LogP contribution in [0.4, 0.5) is 5.69 Å². The first-order valence-electron chi connectivity index (χ1n) is 9.44. The van der Waals surface area contributed by atoms with Crippen molar-refractivity contribution in [3.05, 3.63) is 78.4 Å². The maximum Gasteiger partial charge on any atom is 0.267 e. The number of anilines is 1. The van der Waals surface area contributed by atoms with Crippen molar-refractivity contribution < 1.29 is 13.9 Å². The fraction of sp³-hybridized carbons (Fsp3) is 0.167. The van der Waals surface area contributed by atoms with Gasteiger partial charge in [0.1, 0.15) is 11.3 Å². The van der Waals surface area contributed by atoms with Crippen molar-refractivity contribution in [3.63, 3.8) is 0 Å². The van der Waals surface area contributed by atoms with Crippen LogP contribution in [-0.2, 0) is 4.79 Å². The van der Waals surface area contributed by atoms with Crippen molar-refractivity contribution in [1.29, 1.82) is 0 Å². The van der Waals surface area contributed by atoms with Gasteiger partial charge in [-0.05, 0) is 63.2 Å². The Labute approximate surface area is 169 Å². The Morgan fingerprint density at radius 2 is 1.72 bits per heavy atom. The van der Waals surface area contributed by atoms with Crippen LogP contribution in [-0.4, -0.2) is 16.5 Å². The third-order valence-electron chi connectivity index (χ3n) is 4.61. The lowest BCUT2D eigenvalue weighted by atomic mass is 10.1. The van der Waals surface area contributed by atoms with Gasteiger partial charge in [0.05, 0.1) is 0 Å². The highest BCUT2D eigenvalue weighted by atomic mass is 16.5. The second-order valence-electron chi connectivity index (χ2n) is 7.45. The molecule has 3 aromatic carbocycles. The monoisotopic (exact) mass is 386 g/mol. The fourth-order valence-corrected chi connectivity index (χ4v) is 2.94. The van der Waals surface area contributed by atoms with E-state index in [9.17, 15) is 4.79 Å². The van der Waals surface area contributed by atoms with Crippen LogP contribution in [0.1, 0.15) is 19.4 Å². The topological polar surface area (TPSA) is 64.4 Å². The lowest BCUT2D eigenvalue weighted by Crippen LogP contribution is -2.42. The van der Waals surface area contributed by atoms with Crippen LogP contribution in [0.5, 0.6) is 5.75 Å². The molecule has 0 aliphatic rings. The number of amides is 1. The third-order valence-corrected chi connectivity index (χ3v) is 4.61. The summed E-state index contributed by atoms with van der Waals surface area (Å²) < 4.78 is 11.7. The van der Waals surface area contributed by atoms with Crippen LogP contribution in [0.2, 0.25) is 0 Å². The molecule has 0 bridgehead atoms. The van der Waals surface area contributed by atoms with E-state index in [1.807, 2.05) is 61.5 Å². The Bertz CT molecular complexity index is 1150. The van der Waals surface area contributed by atoms with Crippen molar-refractivity contribution >= 4 is 22.7 Å². The van der Waals surface area contributed by atoms with E-state index in [1.165, 1.54) is 5.56 Å². The van der Waals surface area contributed by atoms with E-state index in [2.05, 4.69) is 10.3 Å². The number of aryl methyl sites for hydroxylation is 1. The summed E-state index contributed by atoms with van der Waals surface area (Å²) in [5.74, 6) is 0.946. The van der Waals surface area contributed by atoms with Gasteiger partial charge in [0.25, 0.3) is 5.91 Å². The average molecular weight is 386 g/mol. The predicted molar refractivity (Wildman–Crippen MR) is 114 cm³/mol. The number of carbonyl (C=O) groups excluding carboxylic acids is 1. The molecule has 0 fully saturated rings. The number of fused-ring (bicyclic) bond motifs is 1. The maximum atomic E-state index is 12.8. The molecule has 5 nitrogen and oxygen atoms in total. The molecule has 0 atom stereocenters. The smallest absolute Gasteiger partial charge is 0.267 e. The highest BCUT2D eigenvalue weighted by molar-refractivity contribution is 5.98. The number of oxazole rings is 1. The lowest BCUT2D eigenvalue weighted by molar-refractivity contribution is -0.128. The summed E-state index contributed by atoms with van der Waals surface area (Å²) in [6.07, 6.45) is 0. The molecule has 1 aromatic heterocycles. The Balaban J connectivity index is 1.53. The number of hydrogen-bond donors (Lipinski definition) is 1. The zero-order valence-electron chi connectivity index (χ0n) is 16.6. The van der Waals surface area contributed by atoms with Crippen LogP contribution < -0.4 is 10.1 Å². The lowest BCUT2D eigenvalue weighted by Gasteiger charge is -2.25. The summed E-state index contributed by atoms with van der Waals surface area (Å²) in [6, 6.07) is 22.7. The maximum absolute atomic E-state index is 12.8. The van der Waals surface area contributed by atoms with Gasteiger partial charge in [0, 0.05) is 11.3 Å². The molecule has 146 valence electrons. The minimum atomic E-state index is -1.03. The molecule has 5 heteroatoms. The molecule has 29 heavy (non-hydrogen) atoms. The van der Waals surface area contributed by atoms with Crippen molar-refractivity contribution in [2.75, 3.05) is 5.32 Å². The summed E-state index contributed by atoms with van der Waals surface area (Å²) in [5.41, 5.74) is 3.03. The third kappa shape index (κ3) is 4.14. The summed E-state index contributed by atoms with van der Waals surface area (Å²) in [4.78, 5) is 17.3. The minimum absolute atomic E-state index is 0.247. The average Bonchev–Trinajstić information content (AvgIpc) is 3.12. The minimum Gasteiger partial charge on any atom is -0.478 e. The van der Waals surface area contributed by atoms with Crippen LogP contribution in [0, 0.1) is 6.92 Å². The van der Waals surface area contributed by atoms with Gasteiger partial charge in [0.2, 0.25) is 5.89 Å².